The maximum atomic E-state index is 11.5. The predicted molar refractivity (Wildman–Crippen MR) is 82.4 cm³/mol. The van der Waals surface area contributed by atoms with Gasteiger partial charge in [0.2, 0.25) is 0 Å². The van der Waals surface area contributed by atoms with Gasteiger partial charge in [0.1, 0.15) is 11.4 Å². The first-order chi connectivity index (χ1) is 9.52. The fourth-order valence-electron chi connectivity index (χ4n) is 3.17. The highest BCUT2D eigenvalue weighted by molar-refractivity contribution is 5.77. The fourth-order valence-corrected chi connectivity index (χ4v) is 3.17. The Morgan fingerprint density at radius 3 is 2.55 bits per heavy atom. The zero-order valence-electron chi connectivity index (χ0n) is 12.4. The van der Waals surface area contributed by atoms with Crippen LogP contribution in [0.1, 0.15) is 27.2 Å². The van der Waals surface area contributed by atoms with E-state index in [1.807, 2.05) is 19.1 Å². The molecule has 110 valence electrons. The molecule has 20 heavy (non-hydrogen) atoms. The number of nitro benzene ring substituents is 1. The Morgan fingerprint density at radius 2 is 2.00 bits per heavy atom. The van der Waals surface area contributed by atoms with Gasteiger partial charge in [-0.15, -0.1) is 0 Å². The minimum Gasteiger partial charge on any atom is -0.380 e. The van der Waals surface area contributed by atoms with Gasteiger partial charge in [0.25, 0.3) is 0 Å². The first-order valence-electron chi connectivity index (χ1n) is 7.29. The van der Waals surface area contributed by atoms with Crippen molar-refractivity contribution in [3.63, 3.8) is 0 Å². The molecule has 5 nitrogen and oxygen atoms in total. The number of para-hydroxylation sites is 1. The number of hydrogen-bond acceptors (Lipinski definition) is 4. The lowest BCUT2D eigenvalue weighted by molar-refractivity contribution is -0.383. The molecule has 0 aromatic heterocycles. The molecule has 1 aliphatic heterocycles. The Morgan fingerprint density at radius 1 is 1.35 bits per heavy atom. The third-order valence-electron chi connectivity index (χ3n) is 3.77. The summed E-state index contributed by atoms with van der Waals surface area (Å²) in [6.45, 7) is 8.82. The van der Waals surface area contributed by atoms with Crippen LogP contribution in [0.15, 0.2) is 18.2 Å². The average molecular weight is 277 g/mol. The summed E-state index contributed by atoms with van der Waals surface area (Å²) < 4.78 is 0. The summed E-state index contributed by atoms with van der Waals surface area (Å²) in [6, 6.07) is 5.54. The number of nitrogens with zero attached hydrogens (tertiary/aromatic N) is 2. The van der Waals surface area contributed by atoms with Crippen LogP contribution in [0, 0.1) is 22.0 Å². The van der Waals surface area contributed by atoms with Crippen molar-refractivity contribution in [2.75, 3.05) is 29.9 Å². The predicted octanol–water partition coefficient (Wildman–Crippen LogP) is 3.51. The lowest BCUT2D eigenvalue weighted by Gasteiger charge is -2.36. The second-order valence-electron chi connectivity index (χ2n) is 5.81. The van der Waals surface area contributed by atoms with E-state index in [9.17, 15) is 10.1 Å². The highest BCUT2D eigenvalue weighted by Crippen LogP contribution is 2.38. The molecule has 0 spiro atoms. The van der Waals surface area contributed by atoms with Crippen molar-refractivity contribution in [2.24, 2.45) is 11.8 Å². The Kier molecular flexibility index (Phi) is 4.47. The summed E-state index contributed by atoms with van der Waals surface area (Å²) in [5.41, 5.74) is 1.56. The molecule has 0 bridgehead atoms. The molecule has 1 saturated heterocycles. The Balaban J connectivity index is 2.39. The number of benzene rings is 1. The SMILES string of the molecule is CCNc1cccc(N2CC(C)CC(C)C2)c1[N+](=O)[O-]. The van der Waals surface area contributed by atoms with Crippen LogP contribution in [0.3, 0.4) is 0 Å². The first-order valence-corrected chi connectivity index (χ1v) is 7.29. The van der Waals surface area contributed by atoms with Gasteiger partial charge in [0.15, 0.2) is 0 Å². The number of anilines is 2. The van der Waals surface area contributed by atoms with Gasteiger partial charge >= 0.3 is 5.69 Å². The quantitative estimate of drug-likeness (QED) is 0.676. The minimum absolute atomic E-state index is 0.204. The summed E-state index contributed by atoms with van der Waals surface area (Å²) in [7, 11) is 0. The largest absolute Gasteiger partial charge is 0.380 e. The molecule has 2 rings (SSSR count). The number of hydrogen-bond donors (Lipinski definition) is 1. The summed E-state index contributed by atoms with van der Waals surface area (Å²) in [5, 5.41) is 14.6. The number of piperidine rings is 1. The van der Waals surface area contributed by atoms with Crippen LogP contribution in [0.2, 0.25) is 0 Å². The van der Waals surface area contributed by atoms with Crippen LogP contribution in [-0.2, 0) is 0 Å². The van der Waals surface area contributed by atoms with Gasteiger partial charge in [-0.25, -0.2) is 0 Å². The lowest BCUT2D eigenvalue weighted by atomic mass is 9.91. The van der Waals surface area contributed by atoms with E-state index >= 15 is 0 Å². The average Bonchev–Trinajstić information content (AvgIpc) is 2.37. The number of nitro groups is 1. The molecule has 1 N–H and O–H groups in total. The van der Waals surface area contributed by atoms with Gasteiger partial charge in [-0.2, -0.15) is 0 Å². The Hall–Kier alpha value is -1.78. The van der Waals surface area contributed by atoms with Crippen molar-refractivity contribution in [3.8, 4) is 0 Å². The van der Waals surface area contributed by atoms with Crippen LogP contribution in [0.4, 0.5) is 17.1 Å². The Bertz CT molecular complexity index is 480. The normalized spacial score (nSPS) is 22.6. The van der Waals surface area contributed by atoms with E-state index in [4.69, 9.17) is 0 Å². The molecule has 1 heterocycles. The van der Waals surface area contributed by atoms with Crippen molar-refractivity contribution in [1.29, 1.82) is 0 Å². The van der Waals surface area contributed by atoms with E-state index in [1.54, 1.807) is 6.07 Å². The summed E-state index contributed by atoms with van der Waals surface area (Å²) in [5.74, 6) is 1.14. The molecule has 0 saturated carbocycles. The molecule has 1 aromatic rings. The third-order valence-corrected chi connectivity index (χ3v) is 3.77. The van der Waals surface area contributed by atoms with Crippen LogP contribution in [-0.4, -0.2) is 24.6 Å². The molecule has 0 aliphatic carbocycles. The highest BCUT2D eigenvalue weighted by Gasteiger charge is 2.28. The Labute approximate surface area is 120 Å². The van der Waals surface area contributed by atoms with Gasteiger partial charge in [-0.05, 0) is 37.3 Å². The molecule has 1 aliphatic rings. The fraction of sp³-hybridized carbons (Fsp3) is 0.600. The summed E-state index contributed by atoms with van der Waals surface area (Å²) >= 11 is 0. The van der Waals surface area contributed by atoms with Gasteiger partial charge in [-0.3, -0.25) is 10.1 Å². The number of nitrogens with one attached hydrogen (secondary N) is 1. The third kappa shape index (κ3) is 3.03. The lowest BCUT2D eigenvalue weighted by Crippen LogP contribution is -2.39. The maximum Gasteiger partial charge on any atom is 0.315 e. The van der Waals surface area contributed by atoms with E-state index in [0.29, 0.717) is 24.1 Å². The molecule has 1 aromatic carbocycles. The van der Waals surface area contributed by atoms with Crippen molar-refractivity contribution in [2.45, 2.75) is 27.2 Å². The second-order valence-corrected chi connectivity index (χ2v) is 5.81. The van der Waals surface area contributed by atoms with Crippen LogP contribution >= 0.6 is 0 Å². The topological polar surface area (TPSA) is 58.4 Å². The van der Waals surface area contributed by atoms with Crippen molar-refractivity contribution < 1.29 is 4.92 Å². The van der Waals surface area contributed by atoms with Gasteiger partial charge in [-0.1, -0.05) is 19.9 Å². The molecule has 2 atom stereocenters. The minimum atomic E-state index is -0.267. The molecule has 0 radical (unpaired) electrons. The van der Waals surface area contributed by atoms with Crippen LogP contribution in [0.25, 0.3) is 0 Å². The van der Waals surface area contributed by atoms with E-state index < -0.39 is 0 Å². The molecular weight excluding hydrogens is 254 g/mol. The monoisotopic (exact) mass is 277 g/mol. The molecule has 5 heteroatoms. The van der Waals surface area contributed by atoms with Crippen molar-refractivity contribution in [3.05, 3.63) is 28.3 Å². The van der Waals surface area contributed by atoms with E-state index in [-0.39, 0.29) is 10.6 Å². The van der Waals surface area contributed by atoms with Crippen LogP contribution in [0.5, 0.6) is 0 Å². The van der Waals surface area contributed by atoms with Gasteiger partial charge in [0, 0.05) is 19.6 Å². The zero-order chi connectivity index (χ0) is 14.7. The maximum absolute atomic E-state index is 11.5. The van der Waals surface area contributed by atoms with Gasteiger partial charge < -0.3 is 10.2 Å². The zero-order valence-corrected chi connectivity index (χ0v) is 12.4. The molecule has 2 unspecified atom stereocenters. The van der Waals surface area contributed by atoms with Gasteiger partial charge in [0.05, 0.1) is 4.92 Å². The second kappa shape index (κ2) is 6.11. The summed E-state index contributed by atoms with van der Waals surface area (Å²) in [6.07, 6.45) is 1.19. The standard InChI is InChI=1S/C15H23N3O2/c1-4-16-13-6-5-7-14(15(13)18(19)20)17-9-11(2)8-12(3)10-17/h5-7,11-12,16H,4,8-10H2,1-3H3. The number of rotatable bonds is 4. The molecular formula is C15H23N3O2. The van der Waals surface area contributed by atoms with E-state index in [0.717, 1.165) is 18.8 Å². The first kappa shape index (κ1) is 14.6. The van der Waals surface area contributed by atoms with E-state index in [1.165, 1.54) is 6.42 Å². The van der Waals surface area contributed by atoms with Crippen LogP contribution < -0.4 is 10.2 Å². The van der Waals surface area contributed by atoms with Crippen molar-refractivity contribution in [1.82, 2.24) is 0 Å². The van der Waals surface area contributed by atoms with E-state index in [2.05, 4.69) is 24.1 Å². The highest BCUT2D eigenvalue weighted by atomic mass is 16.6. The van der Waals surface area contributed by atoms with Crippen molar-refractivity contribution >= 4 is 17.1 Å². The molecule has 1 fully saturated rings. The summed E-state index contributed by atoms with van der Waals surface area (Å²) in [4.78, 5) is 13.4. The smallest absolute Gasteiger partial charge is 0.315 e. The molecule has 0 amide bonds.